The summed E-state index contributed by atoms with van der Waals surface area (Å²) in [5, 5.41) is 6.73. The molecule has 1 aromatic carbocycles. The van der Waals surface area contributed by atoms with Gasteiger partial charge in [-0.05, 0) is 23.3 Å². The number of benzene rings is 1. The number of urea groups is 1. The summed E-state index contributed by atoms with van der Waals surface area (Å²) >= 11 is 0. The van der Waals surface area contributed by atoms with E-state index in [2.05, 4.69) is 15.2 Å². The number of hydrogen-bond acceptors (Lipinski definition) is 4. The van der Waals surface area contributed by atoms with Crippen LogP contribution in [0.1, 0.15) is 11.1 Å². The summed E-state index contributed by atoms with van der Waals surface area (Å²) in [6.07, 6.45) is 5.32. The van der Waals surface area contributed by atoms with Gasteiger partial charge in [0.15, 0.2) is 0 Å². The number of nitrogens with two attached hydrogens (primary N) is 1. The summed E-state index contributed by atoms with van der Waals surface area (Å²) in [5.74, 6) is 0.667. The number of nitrogens with zero attached hydrogens (tertiary/aromatic N) is 4. The molecule has 132 valence electrons. The predicted octanol–water partition coefficient (Wildman–Crippen LogP) is 2.37. The van der Waals surface area contributed by atoms with Gasteiger partial charge in [0, 0.05) is 49.7 Å². The number of carbonyl (C=O) groups is 1. The van der Waals surface area contributed by atoms with Gasteiger partial charge in [-0.2, -0.15) is 5.10 Å². The van der Waals surface area contributed by atoms with E-state index in [4.69, 9.17) is 5.73 Å². The van der Waals surface area contributed by atoms with E-state index in [0.29, 0.717) is 32.0 Å². The smallest absolute Gasteiger partial charge is 0.326 e. The number of carbonyl (C=O) groups excluding carboxylic acids is 1. The second kappa shape index (κ2) is 6.97. The zero-order chi connectivity index (χ0) is 17.9. The van der Waals surface area contributed by atoms with Crippen molar-refractivity contribution >= 4 is 11.8 Å². The fourth-order valence-electron chi connectivity index (χ4n) is 3.14. The number of nitrogens with one attached hydrogen (secondary N) is 1. The number of amides is 2. The molecule has 4 rings (SSSR count). The topological polar surface area (TPSA) is 91.1 Å². The molecule has 2 amide bonds. The van der Waals surface area contributed by atoms with Gasteiger partial charge < -0.3 is 10.6 Å². The first-order valence-corrected chi connectivity index (χ1v) is 8.54. The van der Waals surface area contributed by atoms with Crippen LogP contribution < -0.4 is 10.6 Å². The molecular weight excluding hydrogens is 328 g/mol. The first kappa shape index (κ1) is 16.3. The highest BCUT2D eigenvalue weighted by molar-refractivity contribution is 5.93. The molecule has 1 aliphatic heterocycles. The van der Waals surface area contributed by atoms with Crippen LogP contribution in [0.4, 0.5) is 10.6 Å². The Morgan fingerprint density at radius 3 is 2.69 bits per heavy atom. The molecule has 7 nitrogen and oxygen atoms in total. The third-order valence-electron chi connectivity index (χ3n) is 4.55. The lowest BCUT2D eigenvalue weighted by atomic mass is 10.1. The molecule has 1 aliphatic rings. The summed E-state index contributed by atoms with van der Waals surface area (Å²) < 4.78 is 0. The Morgan fingerprint density at radius 2 is 1.96 bits per heavy atom. The summed E-state index contributed by atoms with van der Waals surface area (Å²) in [6, 6.07) is 11.8. The Labute approximate surface area is 151 Å². The number of H-pyrrole nitrogens is 1. The summed E-state index contributed by atoms with van der Waals surface area (Å²) in [7, 11) is 0. The van der Waals surface area contributed by atoms with E-state index in [0.717, 1.165) is 22.3 Å². The third-order valence-corrected chi connectivity index (χ3v) is 4.55. The molecule has 26 heavy (non-hydrogen) atoms. The second-order valence-corrected chi connectivity index (χ2v) is 6.27. The van der Waals surface area contributed by atoms with Crippen LogP contribution in [0.2, 0.25) is 0 Å². The first-order chi connectivity index (χ1) is 12.7. The van der Waals surface area contributed by atoms with Gasteiger partial charge in [-0.15, -0.1) is 0 Å². The third kappa shape index (κ3) is 3.16. The summed E-state index contributed by atoms with van der Waals surface area (Å²) in [5.41, 5.74) is 9.79. The highest BCUT2D eigenvalue weighted by Gasteiger charge is 2.30. The highest BCUT2D eigenvalue weighted by atomic mass is 16.2. The Bertz CT molecular complexity index is 891. The lowest BCUT2D eigenvalue weighted by Gasteiger charge is -2.18. The van der Waals surface area contributed by atoms with E-state index in [1.54, 1.807) is 17.3 Å². The van der Waals surface area contributed by atoms with Crippen molar-refractivity contribution in [1.29, 1.82) is 0 Å². The van der Waals surface area contributed by atoms with E-state index in [9.17, 15) is 4.79 Å². The molecule has 3 N–H and O–H groups in total. The zero-order valence-corrected chi connectivity index (χ0v) is 14.3. The van der Waals surface area contributed by atoms with Crippen LogP contribution in [0, 0.1) is 0 Å². The van der Waals surface area contributed by atoms with Gasteiger partial charge >= 0.3 is 6.03 Å². The van der Waals surface area contributed by atoms with Crippen molar-refractivity contribution in [1.82, 2.24) is 20.1 Å². The monoisotopic (exact) mass is 348 g/mol. The van der Waals surface area contributed by atoms with Crippen molar-refractivity contribution in [3.8, 4) is 11.1 Å². The maximum atomic E-state index is 12.8. The van der Waals surface area contributed by atoms with Crippen molar-refractivity contribution in [3.63, 3.8) is 0 Å². The molecule has 3 aromatic rings. The Balaban J connectivity index is 1.46. The van der Waals surface area contributed by atoms with Crippen molar-refractivity contribution in [2.45, 2.75) is 13.1 Å². The summed E-state index contributed by atoms with van der Waals surface area (Å²) in [4.78, 5) is 20.8. The molecule has 0 atom stereocenters. The largest absolute Gasteiger partial charge is 0.326 e. The number of aromatic nitrogens is 3. The minimum absolute atomic E-state index is 0.0216. The van der Waals surface area contributed by atoms with Gasteiger partial charge in [-0.1, -0.05) is 24.3 Å². The van der Waals surface area contributed by atoms with Gasteiger partial charge in [0.1, 0.15) is 5.82 Å². The minimum Gasteiger partial charge on any atom is -0.326 e. The van der Waals surface area contributed by atoms with Crippen LogP contribution >= 0.6 is 0 Å². The summed E-state index contributed by atoms with van der Waals surface area (Å²) in [6.45, 7) is 2.39. The molecule has 1 saturated heterocycles. The van der Waals surface area contributed by atoms with E-state index >= 15 is 0 Å². The molecule has 0 bridgehead atoms. The molecule has 1 fully saturated rings. The molecule has 0 unspecified atom stereocenters. The lowest BCUT2D eigenvalue weighted by molar-refractivity contribution is 0.218. The fraction of sp³-hybridized carbons (Fsp3) is 0.211. The van der Waals surface area contributed by atoms with Crippen LogP contribution in [-0.2, 0) is 13.1 Å². The standard InChI is InChI=1S/C19H20N6O/c20-9-14-2-1-3-15(8-14)13-24-6-7-25(19(24)26)18-5-4-16(10-21-18)17-11-22-23-12-17/h1-5,8,10-12H,6-7,9,13,20H2,(H,22,23). The SMILES string of the molecule is NCc1cccc(CN2CCN(c3ccc(-c4cn[nH]c4)cn3)C2=O)c1. The molecule has 0 radical (unpaired) electrons. The van der Waals surface area contributed by atoms with Crippen molar-refractivity contribution in [2.24, 2.45) is 5.73 Å². The van der Waals surface area contributed by atoms with Crippen molar-refractivity contribution in [3.05, 3.63) is 66.1 Å². The number of anilines is 1. The zero-order valence-electron chi connectivity index (χ0n) is 14.3. The lowest BCUT2D eigenvalue weighted by Crippen LogP contribution is -2.31. The fourth-order valence-corrected chi connectivity index (χ4v) is 3.14. The van der Waals surface area contributed by atoms with E-state index < -0.39 is 0 Å². The molecule has 0 saturated carbocycles. The average Bonchev–Trinajstić information content (AvgIpc) is 3.33. The normalized spacial score (nSPS) is 14.3. The number of hydrogen-bond donors (Lipinski definition) is 2. The van der Waals surface area contributed by atoms with Crippen LogP contribution in [0.3, 0.4) is 0 Å². The molecule has 2 aromatic heterocycles. The molecule has 3 heterocycles. The first-order valence-electron chi connectivity index (χ1n) is 8.54. The number of rotatable bonds is 5. The van der Waals surface area contributed by atoms with Crippen LogP contribution in [0.5, 0.6) is 0 Å². The Hall–Kier alpha value is -3.19. The molecule has 7 heteroatoms. The van der Waals surface area contributed by atoms with Crippen LogP contribution in [-0.4, -0.2) is 39.2 Å². The maximum absolute atomic E-state index is 12.8. The Kier molecular flexibility index (Phi) is 4.37. The van der Waals surface area contributed by atoms with Gasteiger partial charge in [0.05, 0.1) is 6.20 Å². The van der Waals surface area contributed by atoms with Gasteiger partial charge in [0.25, 0.3) is 0 Å². The highest BCUT2D eigenvalue weighted by Crippen LogP contribution is 2.23. The molecular formula is C19H20N6O. The van der Waals surface area contributed by atoms with Gasteiger partial charge in [-0.3, -0.25) is 10.00 Å². The van der Waals surface area contributed by atoms with E-state index in [1.807, 2.05) is 47.5 Å². The van der Waals surface area contributed by atoms with Gasteiger partial charge in [-0.25, -0.2) is 9.78 Å². The predicted molar refractivity (Wildman–Crippen MR) is 99.3 cm³/mol. The second-order valence-electron chi connectivity index (χ2n) is 6.27. The van der Waals surface area contributed by atoms with E-state index in [1.165, 1.54) is 0 Å². The number of pyridine rings is 1. The van der Waals surface area contributed by atoms with Crippen LogP contribution in [0.25, 0.3) is 11.1 Å². The maximum Gasteiger partial charge on any atom is 0.326 e. The molecule has 0 spiro atoms. The minimum atomic E-state index is -0.0216. The Morgan fingerprint density at radius 1 is 1.08 bits per heavy atom. The van der Waals surface area contributed by atoms with Gasteiger partial charge in [0.2, 0.25) is 0 Å². The van der Waals surface area contributed by atoms with E-state index in [-0.39, 0.29) is 6.03 Å². The molecule has 0 aliphatic carbocycles. The van der Waals surface area contributed by atoms with Crippen molar-refractivity contribution in [2.75, 3.05) is 18.0 Å². The number of aromatic amines is 1. The quantitative estimate of drug-likeness (QED) is 0.740. The van der Waals surface area contributed by atoms with Crippen LogP contribution in [0.15, 0.2) is 55.0 Å². The average molecular weight is 348 g/mol. The van der Waals surface area contributed by atoms with Crippen molar-refractivity contribution < 1.29 is 4.79 Å².